The zero-order valence-electron chi connectivity index (χ0n) is 9.60. The predicted molar refractivity (Wildman–Crippen MR) is 63.4 cm³/mol. The van der Waals surface area contributed by atoms with Gasteiger partial charge < -0.3 is 10.5 Å². The van der Waals surface area contributed by atoms with Crippen molar-refractivity contribution in [2.75, 3.05) is 19.7 Å². The number of hydrogen-bond acceptors (Lipinski definition) is 3. The highest BCUT2D eigenvalue weighted by Crippen LogP contribution is 2.40. The summed E-state index contributed by atoms with van der Waals surface area (Å²) < 4.78 is 5.75. The molecule has 0 saturated carbocycles. The van der Waals surface area contributed by atoms with Crippen molar-refractivity contribution in [2.45, 2.75) is 19.0 Å². The van der Waals surface area contributed by atoms with Crippen molar-refractivity contribution in [3.8, 4) is 5.75 Å². The van der Waals surface area contributed by atoms with Gasteiger partial charge in [0.2, 0.25) is 0 Å². The van der Waals surface area contributed by atoms with Crippen LogP contribution in [0.15, 0.2) is 24.3 Å². The van der Waals surface area contributed by atoms with Crippen molar-refractivity contribution in [3.63, 3.8) is 0 Å². The third kappa shape index (κ3) is 1.51. The van der Waals surface area contributed by atoms with Crippen LogP contribution in [-0.2, 0) is 0 Å². The van der Waals surface area contributed by atoms with Gasteiger partial charge in [0, 0.05) is 36.7 Å². The van der Waals surface area contributed by atoms with Crippen LogP contribution in [0.5, 0.6) is 5.75 Å². The normalized spacial score (nSPS) is 30.4. The second-order valence-corrected chi connectivity index (χ2v) is 4.98. The van der Waals surface area contributed by atoms with Gasteiger partial charge in [0.1, 0.15) is 5.75 Å². The average molecular weight is 218 g/mol. The first-order valence-electron chi connectivity index (χ1n) is 5.97. The number of rotatable bonds is 1. The molecule has 2 unspecified atom stereocenters. The van der Waals surface area contributed by atoms with E-state index >= 15 is 0 Å². The van der Waals surface area contributed by atoms with Gasteiger partial charge in [0.15, 0.2) is 0 Å². The molecule has 0 bridgehead atoms. The third-order valence-electron chi connectivity index (χ3n) is 3.61. The van der Waals surface area contributed by atoms with Gasteiger partial charge in [-0.2, -0.15) is 0 Å². The minimum absolute atomic E-state index is 0.363. The fourth-order valence-corrected chi connectivity index (χ4v) is 2.81. The molecule has 86 valence electrons. The van der Waals surface area contributed by atoms with E-state index in [9.17, 15) is 0 Å². The lowest BCUT2D eigenvalue weighted by Crippen LogP contribution is -2.58. The number of fused-ring (bicyclic) bond motifs is 1. The molecule has 2 heterocycles. The van der Waals surface area contributed by atoms with Crippen molar-refractivity contribution in [3.05, 3.63) is 29.8 Å². The summed E-state index contributed by atoms with van der Waals surface area (Å²) in [6.45, 7) is 5.10. The summed E-state index contributed by atoms with van der Waals surface area (Å²) in [6.07, 6.45) is 0. The lowest BCUT2D eigenvalue weighted by atomic mass is 9.88. The van der Waals surface area contributed by atoms with Crippen LogP contribution in [0.25, 0.3) is 0 Å². The van der Waals surface area contributed by atoms with Gasteiger partial charge in [0.05, 0.1) is 6.61 Å². The molecule has 1 fully saturated rings. The largest absolute Gasteiger partial charge is 0.493 e. The van der Waals surface area contributed by atoms with E-state index in [0.717, 1.165) is 25.4 Å². The third-order valence-corrected chi connectivity index (χ3v) is 3.61. The number of nitrogens with two attached hydrogens (primary N) is 1. The second-order valence-electron chi connectivity index (χ2n) is 4.98. The zero-order chi connectivity index (χ0) is 11.1. The summed E-state index contributed by atoms with van der Waals surface area (Å²) >= 11 is 0. The molecule has 3 nitrogen and oxygen atoms in total. The maximum Gasteiger partial charge on any atom is 0.124 e. The molecule has 2 atom stereocenters. The van der Waals surface area contributed by atoms with Crippen LogP contribution in [-0.4, -0.2) is 30.6 Å². The maximum absolute atomic E-state index is 5.87. The summed E-state index contributed by atoms with van der Waals surface area (Å²) in [4.78, 5) is 2.47. The molecular weight excluding hydrogens is 200 g/mol. The molecule has 1 aromatic rings. The summed E-state index contributed by atoms with van der Waals surface area (Å²) in [5.74, 6) is 1.59. The van der Waals surface area contributed by atoms with Crippen molar-refractivity contribution >= 4 is 0 Å². The molecule has 2 aliphatic rings. The zero-order valence-corrected chi connectivity index (χ0v) is 9.60. The molecule has 0 spiro atoms. The predicted octanol–water partition coefficient (Wildman–Crippen LogP) is 1.40. The van der Waals surface area contributed by atoms with Crippen LogP contribution in [0, 0.1) is 5.92 Å². The van der Waals surface area contributed by atoms with E-state index in [1.807, 2.05) is 6.07 Å². The highest BCUT2D eigenvalue weighted by Gasteiger charge is 2.37. The highest BCUT2D eigenvalue weighted by molar-refractivity contribution is 5.38. The van der Waals surface area contributed by atoms with E-state index in [1.54, 1.807) is 0 Å². The standard InChI is InChI=1S/C13H18N2O/c1-9-8-16-12-5-3-2-4-11(12)13(9)15-6-10(14)7-15/h2-5,9-10,13H,6-8,14H2,1H3. The Kier molecular flexibility index (Phi) is 2.37. The van der Waals surface area contributed by atoms with Crippen LogP contribution in [0.1, 0.15) is 18.5 Å². The first-order valence-corrected chi connectivity index (χ1v) is 5.97. The molecular formula is C13H18N2O. The van der Waals surface area contributed by atoms with Gasteiger partial charge in [-0.1, -0.05) is 25.1 Å². The van der Waals surface area contributed by atoms with E-state index in [2.05, 4.69) is 30.0 Å². The number of hydrogen-bond donors (Lipinski definition) is 1. The van der Waals surface area contributed by atoms with E-state index in [0.29, 0.717) is 18.0 Å². The molecule has 3 rings (SSSR count). The van der Waals surface area contributed by atoms with E-state index < -0.39 is 0 Å². The van der Waals surface area contributed by atoms with E-state index in [-0.39, 0.29) is 0 Å². The summed E-state index contributed by atoms with van der Waals surface area (Å²) in [5.41, 5.74) is 7.20. The number of ether oxygens (including phenoxy) is 1. The molecule has 2 aliphatic heterocycles. The molecule has 1 saturated heterocycles. The topological polar surface area (TPSA) is 38.5 Å². The summed E-state index contributed by atoms with van der Waals surface area (Å²) in [7, 11) is 0. The fraction of sp³-hybridized carbons (Fsp3) is 0.538. The van der Waals surface area contributed by atoms with Gasteiger partial charge in [0.25, 0.3) is 0 Å². The monoisotopic (exact) mass is 218 g/mol. The first kappa shape index (κ1) is 10.1. The highest BCUT2D eigenvalue weighted by atomic mass is 16.5. The van der Waals surface area contributed by atoms with Crippen LogP contribution >= 0.6 is 0 Å². The van der Waals surface area contributed by atoms with E-state index in [4.69, 9.17) is 10.5 Å². The Labute approximate surface area is 96.2 Å². The smallest absolute Gasteiger partial charge is 0.124 e. The van der Waals surface area contributed by atoms with Crippen LogP contribution in [0.2, 0.25) is 0 Å². The number of benzene rings is 1. The molecule has 1 aromatic carbocycles. The number of para-hydroxylation sites is 1. The first-order chi connectivity index (χ1) is 7.75. The maximum atomic E-state index is 5.87. The van der Waals surface area contributed by atoms with Gasteiger partial charge in [-0.25, -0.2) is 0 Å². The second kappa shape index (κ2) is 3.75. The lowest BCUT2D eigenvalue weighted by molar-refractivity contribution is 0.0320. The van der Waals surface area contributed by atoms with Crippen molar-refractivity contribution in [1.29, 1.82) is 0 Å². The Morgan fingerprint density at radius 1 is 1.31 bits per heavy atom. The van der Waals surface area contributed by atoms with Crippen molar-refractivity contribution < 1.29 is 4.74 Å². The minimum Gasteiger partial charge on any atom is -0.493 e. The number of likely N-dealkylation sites (tertiary alicyclic amines) is 1. The quantitative estimate of drug-likeness (QED) is 0.774. The molecule has 0 aliphatic carbocycles. The Bertz CT molecular complexity index is 387. The van der Waals surface area contributed by atoms with Gasteiger partial charge in [-0.3, -0.25) is 4.90 Å². The van der Waals surface area contributed by atoms with Crippen LogP contribution in [0.4, 0.5) is 0 Å². The Hall–Kier alpha value is -1.06. The Morgan fingerprint density at radius 2 is 2.06 bits per heavy atom. The van der Waals surface area contributed by atoms with Gasteiger partial charge in [-0.15, -0.1) is 0 Å². The summed E-state index contributed by atoms with van der Waals surface area (Å²) in [5, 5.41) is 0. The molecule has 3 heteroatoms. The average Bonchev–Trinajstić information content (AvgIpc) is 2.26. The molecule has 0 radical (unpaired) electrons. The molecule has 0 aromatic heterocycles. The Balaban J connectivity index is 1.91. The van der Waals surface area contributed by atoms with Gasteiger partial charge >= 0.3 is 0 Å². The minimum atomic E-state index is 0.363. The summed E-state index contributed by atoms with van der Waals surface area (Å²) in [6, 6.07) is 9.22. The molecule has 0 amide bonds. The molecule has 16 heavy (non-hydrogen) atoms. The van der Waals surface area contributed by atoms with Gasteiger partial charge in [-0.05, 0) is 6.07 Å². The van der Waals surface area contributed by atoms with Crippen LogP contribution in [0.3, 0.4) is 0 Å². The lowest BCUT2D eigenvalue weighted by Gasteiger charge is -2.47. The van der Waals surface area contributed by atoms with E-state index in [1.165, 1.54) is 5.56 Å². The molecule has 2 N–H and O–H groups in total. The van der Waals surface area contributed by atoms with Crippen molar-refractivity contribution in [1.82, 2.24) is 4.90 Å². The fourth-order valence-electron chi connectivity index (χ4n) is 2.81. The van der Waals surface area contributed by atoms with Crippen molar-refractivity contribution in [2.24, 2.45) is 11.7 Å². The Morgan fingerprint density at radius 3 is 2.81 bits per heavy atom. The van der Waals surface area contributed by atoms with Crippen LogP contribution < -0.4 is 10.5 Å². The SMILES string of the molecule is CC1COc2ccccc2C1N1CC(N)C1. The number of nitrogens with zero attached hydrogens (tertiary/aromatic N) is 1.